The highest BCUT2D eigenvalue weighted by Crippen LogP contribution is 2.31. The van der Waals surface area contributed by atoms with E-state index in [9.17, 15) is 9.59 Å². The Morgan fingerprint density at radius 1 is 1.15 bits per heavy atom. The Morgan fingerprint density at radius 2 is 1.88 bits per heavy atom. The van der Waals surface area contributed by atoms with Crippen LogP contribution in [0.5, 0.6) is 11.5 Å². The molecule has 0 radical (unpaired) electrons. The first-order valence-electron chi connectivity index (χ1n) is 9.64. The van der Waals surface area contributed by atoms with Crippen molar-refractivity contribution >= 4 is 11.8 Å². The van der Waals surface area contributed by atoms with E-state index in [-0.39, 0.29) is 24.3 Å². The van der Waals surface area contributed by atoms with E-state index in [1.165, 1.54) is 0 Å². The molecule has 1 unspecified atom stereocenters. The fraction of sp³-hybridized carbons (Fsp3) is 0.600. The monoisotopic (exact) mass is 360 g/mol. The number of carbonyl (C=O) groups excluding carboxylic acids is 2. The second-order valence-electron chi connectivity index (χ2n) is 6.96. The molecule has 0 aromatic heterocycles. The van der Waals surface area contributed by atoms with Gasteiger partial charge in [-0.3, -0.25) is 9.59 Å². The van der Waals surface area contributed by atoms with Gasteiger partial charge in [0, 0.05) is 25.6 Å². The summed E-state index contributed by atoms with van der Waals surface area (Å²) in [6.07, 6.45) is 4.11. The Morgan fingerprint density at radius 3 is 2.62 bits per heavy atom. The number of hydrogen-bond donors (Lipinski definition) is 1. The Kier molecular flexibility index (Phi) is 6.36. The van der Waals surface area contributed by atoms with E-state index >= 15 is 0 Å². The van der Waals surface area contributed by atoms with Gasteiger partial charge in [0.25, 0.3) is 5.91 Å². The van der Waals surface area contributed by atoms with Crippen molar-refractivity contribution in [2.45, 2.75) is 45.1 Å². The van der Waals surface area contributed by atoms with Crippen LogP contribution < -0.4 is 14.8 Å². The van der Waals surface area contributed by atoms with Crippen LogP contribution in [0.15, 0.2) is 24.3 Å². The number of hydrogen-bond acceptors (Lipinski definition) is 4. The third kappa shape index (κ3) is 4.48. The van der Waals surface area contributed by atoms with Gasteiger partial charge in [0.15, 0.2) is 11.5 Å². The van der Waals surface area contributed by atoms with Crippen molar-refractivity contribution in [2.75, 3.05) is 26.2 Å². The maximum Gasteiger partial charge on any atom is 0.267 e. The smallest absolute Gasteiger partial charge is 0.267 e. The highest BCUT2D eigenvalue weighted by atomic mass is 16.6. The van der Waals surface area contributed by atoms with Crippen LogP contribution in [0.25, 0.3) is 0 Å². The largest absolute Gasteiger partial charge is 0.485 e. The molecule has 6 nitrogen and oxygen atoms in total. The fourth-order valence-electron chi connectivity index (χ4n) is 3.44. The van der Waals surface area contributed by atoms with Crippen LogP contribution in [0, 0.1) is 5.92 Å². The lowest BCUT2D eigenvalue weighted by Gasteiger charge is -2.35. The number of nitrogens with one attached hydrogen (secondary N) is 1. The second-order valence-corrected chi connectivity index (χ2v) is 6.96. The molecule has 2 aliphatic heterocycles. The highest BCUT2D eigenvalue weighted by Gasteiger charge is 2.34. The summed E-state index contributed by atoms with van der Waals surface area (Å²) >= 11 is 0. The van der Waals surface area contributed by atoms with Gasteiger partial charge in [0.1, 0.15) is 6.61 Å². The lowest BCUT2D eigenvalue weighted by molar-refractivity contribution is -0.144. The second kappa shape index (κ2) is 8.92. The number of carbonyl (C=O) groups is 2. The molecular formula is C20H28N2O4. The molecule has 0 saturated carbocycles. The first-order chi connectivity index (χ1) is 12.7. The van der Waals surface area contributed by atoms with Crippen molar-refractivity contribution in [2.24, 2.45) is 5.92 Å². The SMILES string of the molecule is CCCCCNC(=O)C1CCN(C(=O)C2COc3ccccc3O2)CC1. The molecule has 2 amide bonds. The van der Waals surface area contributed by atoms with E-state index in [4.69, 9.17) is 9.47 Å². The van der Waals surface area contributed by atoms with Crippen molar-refractivity contribution in [3.63, 3.8) is 0 Å². The summed E-state index contributed by atoms with van der Waals surface area (Å²) in [5.74, 6) is 1.36. The standard InChI is InChI=1S/C20H28N2O4/c1-2-3-6-11-21-19(23)15-9-12-22(13-10-15)20(24)18-14-25-16-7-4-5-8-17(16)26-18/h4-5,7-8,15,18H,2-3,6,9-14H2,1H3,(H,21,23). The number of nitrogens with zero attached hydrogens (tertiary/aromatic N) is 1. The molecule has 142 valence electrons. The molecular weight excluding hydrogens is 332 g/mol. The van der Waals surface area contributed by atoms with Crippen LogP contribution in [-0.4, -0.2) is 49.1 Å². The van der Waals surface area contributed by atoms with Crippen LogP contribution in [0.1, 0.15) is 39.0 Å². The molecule has 1 atom stereocenters. The number of benzene rings is 1. The van der Waals surface area contributed by atoms with E-state index in [1.54, 1.807) is 4.90 Å². The number of para-hydroxylation sites is 2. The molecule has 0 aliphatic carbocycles. The number of rotatable bonds is 6. The number of ether oxygens (including phenoxy) is 2. The number of fused-ring (bicyclic) bond motifs is 1. The molecule has 1 fully saturated rings. The summed E-state index contributed by atoms with van der Waals surface area (Å²) < 4.78 is 11.4. The molecule has 3 rings (SSSR count). The maximum atomic E-state index is 12.7. The van der Waals surface area contributed by atoms with Crippen molar-refractivity contribution in [1.82, 2.24) is 10.2 Å². The highest BCUT2D eigenvalue weighted by molar-refractivity contribution is 5.83. The quantitative estimate of drug-likeness (QED) is 0.791. The predicted molar refractivity (Wildman–Crippen MR) is 98.2 cm³/mol. The van der Waals surface area contributed by atoms with Gasteiger partial charge in [0.05, 0.1) is 0 Å². The number of unbranched alkanes of at least 4 members (excludes halogenated alkanes) is 2. The summed E-state index contributed by atoms with van der Waals surface area (Å²) in [6.45, 7) is 4.31. The Hall–Kier alpha value is -2.24. The Labute approximate surface area is 154 Å². The van der Waals surface area contributed by atoms with E-state index < -0.39 is 6.10 Å². The number of likely N-dealkylation sites (tertiary alicyclic amines) is 1. The lowest BCUT2D eigenvalue weighted by atomic mass is 9.95. The maximum absolute atomic E-state index is 12.7. The zero-order valence-electron chi connectivity index (χ0n) is 15.4. The fourth-order valence-corrected chi connectivity index (χ4v) is 3.44. The third-order valence-corrected chi connectivity index (χ3v) is 5.04. The van der Waals surface area contributed by atoms with Crippen LogP contribution in [0.4, 0.5) is 0 Å². The molecule has 1 saturated heterocycles. The molecule has 1 N–H and O–H groups in total. The minimum absolute atomic E-state index is 0.00456. The average Bonchev–Trinajstić information content (AvgIpc) is 2.70. The van der Waals surface area contributed by atoms with Gasteiger partial charge >= 0.3 is 0 Å². The molecule has 26 heavy (non-hydrogen) atoms. The van der Waals surface area contributed by atoms with Gasteiger partial charge in [-0.2, -0.15) is 0 Å². The predicted octanol–water partition coefficient (Wildman–Crippen LogP) is 2.37. The number of piperidine rings is 1. The van der Waals surface area contributed by atoms with Crippen molar-refractivity contribution in [1.29, 1.82) is 0 Å². The minimum atomic E-state index is -0.607. The molecule has 0 bridgehead atoms. The molecule has 1 aromatic carbocycles. The van der Waals surface area contributed by atoms with Crippen LogP contribution >= 0.6 is 0 Å². The van der Waals surface area contributed by atoms with Gasteiger partial charge in [0.2, 0.25) is 12.0 Å². The normalized spacial score (nSPS) is 19.9. The van der Waals surface area contributed by atoms with E-state index in [0.717, 1.165) is 25.8 Å². The van der Waals surface area contributed by atoms with Gasteiger partial charge in [-0.15, -0.1) is 0 Å². The van der Waals surface area contributed by atoms with Gasteiger partial charge in [-0.1, -0.05) is 31.9 Å². The first kappa shape index (κ1) is 18.5. The summed E-state index contributed by atoms with van der Waals surface area (Å²) in [5.41, 5.74) is 0. The lowest BCUT2D eigenvalue weighted by Crippen LogP contribution is -2.50. The zero-order chi connectivity index (χ0) is 18.4. The summed E-state index contributed by atoms with van der Waals surface area (Å²) in [7, 11) is 0. The molecule has 2 heterocycles. The molecule has 0 spiro atoms. The van der Waals surface area contributed by atoms with E-state index in [1.807, 2.05) is 24.3 Å². The van der Waals surface area contributed by atoms with Crippen molar-refractivity contribution < 1.29 is 19.1 Å². The molecule has 6 heteroatoms. The van der Waals surface area contributed by atoms with Crippen LogP contribution in [0.2, 0.25) is 0 Å². The van der Waals surface area contributed by atoms with Gasteiger partial charge in [-0.05, 0) is 31.4 Å². The topological polar surface area (TPSA) is 67.9 Å². The van der Waals surface area contributed by atoms with Gasteiger partial charge in [-0.25, -0.2) is 0 Å². The van der Waals surface area contributed by atoms with Crippen LogP contribution in [-0.2, 0) is 9.59 Å². The van der Waals surface area contributed by atoms with E-state index in [0.29, 0.717) is 37.4 Å². The zero-order valence-corrected chi connectivity index (χ0v) is 15.4. The third-order valence-electron chi connectivity index (χ3n) is 5.04. The summed E-state index contributed by atoms with van der Waals surface area (Å²) in [4.78, 5) is 26.7. The summed E-state index contributed by atoms with van der Waals surface area (Å²) in [5, 5.41) is 3.02. The Bertz CT molecular complexity index is 626. The Balaban J connectivity index is 1.45. The van der Waals surface area contributed by atoms with Gasteiger partial charge < -0.3 is 19.7 Å². The van der Waals surface area contributed by atoms with Crippen molar-refractivity contribution in [3.8, 4) is 11.5 Å². The molecule has 1 aromatic rings. The van der Waals surface area contributed by atoms with Crippen LogP contribution in [0.3, 0.4) is 0 Å². The molecule has 2 aliphatic rings. The minimum Gasteiger partial charge on any atom is -0.485 e. The van der Waals surface area contributed by atoms with Crippen molar-refractivity contribution in [3.05, 3.63) is 24.3 Å². The summed E-state index contributed by atoms with van der Waals surface area (Å²) in [6, 6.07) is 7.38. The first-order valence-corrected chi connectivity index (χ1v) is 9.64. The number of amides is 2. The average molecular weight is 360 g/mol. The van der Waals surface area contributed by atoms with E-state index in [2.05, 4.69) is 12.2 Å².